The predicted molar refractivity (Wildman–Crippen MR) is 75.0 cm³/mol. The summed E-state index contributed by atoms with van der Waals surface area (Å²) in [5.41, 5.74) is 1.06. The lowest BCUT2D eigenvalue weighted by molar-refractivity contribution is 0.0697. The maximum absolute atomic E-state index is 10.9. The van der Waals surface area contributed by atoms with Crippen molar-refractivity contribution >= 4 is 35.0 Å². The fraction of sp³-hybridized carbons (Fsp3) is 0.0769. The molecule has 0 atom stereocenters. The summed E-state index contributed by atoms with van der Waals surface area (Å²) in [4.78, 5) is 14.9. The van der Waals surface area contributed by atoms with Gasteiger partial charge in [0.25, 0.3) is 0 Å². The third-order valence-corrected chi connectivity index (χ3v) is 2.83. The SMILES string of the molecule is O=C(O)c1cc(Cl)nc(NCc2cccc(Cl)c2)c1. The van der Waals surface area contributed by atoms with E-state index in [0.717, 1.165) is 5.56 Å². The highest BCUT2D eigenvalue weighted by molar-refractivity contribution is 6.30. The van der Waals surface area contributed by atoms with Crippen molar-refractivity contribution in [1.82, 2.24) is 4.98 Å². The van der Waals surface area contributed by atoms with Crippen LogP contribution >= 0.6 is 23.2 Å². The standard InChI is InChI=1S/C13H10Cl2N2O2/c14-10-3-1-2-8(4-10)7-16-12-6-9(13(18)19)5-11(15)17-12/h1-6H,7H2,(H,16,17)(H,18,19). The topological polar surface area (TPSA) is 62.2 Å². The molecule has 0 saturated carbocycles. The van der Waals surface area contributed by atoms with Crippen LogP contribution in [0.5, 0.6) is 0 Å². The fourth-order valence-electron chi connectivity index (χ4n) is 1.55. The van der Waals surface area contributed by atoms with Crippen LogP contribution in [-0.4, -0.2) is 16.1 Å². The lowest BCUT2D eigenvalue weighted by atomic mass is 10.2. The maximum atomic E-state index is 10.9. The molecule has 0 bridgehead atoms. The van der Waals surface area contributed by atoms with Gasteiger partial charge in [0, 0.05) is 11.6 Å². The molecule has 19 heavy (non-hydrogen) atoms. The predicted octanol–water partition coefficient (Wildman–Crippen LogP) is 3.70. The number of carboxylic acids is 1. The van der Waals surface area contributed by atoms with Crippen molar-refractivity contribution in [3.63, 3.8) is 0 Å². The van der Waals surface area contributed by atoms with E-state index in [4.69, 9.17) is 28.3 Å². The molecule has 1 aromatic carbocycles. The van der Waals surface area contributed by atoms with E-state index in [-0.39, 0.29) is 10.7 Å². The molecule has 6 heteroatoms. The zero-order valence-electron chi connectivity index (χ0n) is 9.73. The molecule has 2 rings (SSSR count). The van der Waals surface area contributed by atoms with Gasteiger partial charge >= 0.3 is 5.97 Å². The summed E-state index contributed by atoms with van der Waals surface area (Å²) in [5.74, 6) is -0.639. The van der Waals surface area contributed by atoms with Gasteiger partial charge in [0.05, 0.1) is 5.56 Å². The molecule has 1 heterocycles. The van der Waals surface area contributed by atoms with Crippen molar-refractivity contribution in [2.45, 2.75) is 6.54 Å². The van der Waals surface area contributed by atoms with E-state index in [2.05, 4.69) is 10.3 Å². The number of hydrogen-bond acceptors (Lipinski definition) is 3. The highest BCUT2D eigenvalue weighted by Crippen LogP contribution is 2.16. The van der Waals surface area contributed by atoms with Crippen LogP contribution in [0.2, 0.25) is 10.2 Å². The normalized spacial score (nSPS) is 10.2. The number of benzene rings is 1. The number of nitrogens with one attached hydrogen (secondary N) is 1. The molecule has 0 radical (unpaired) electrons. The fourth-order valence-corrected chi connectivity index (χ4v) is 1.97. The first-order valence-electron chi connectivity index (χ1n) is 5.44. The molecule has 0 aliphatic heterocycles. The van der Waals surface area contributed by atoms with Gasteiger partial charge in [-0.3, -0.25) is 0 Å². The first-order chi connectivity index (χ1) is 9.04. The third-order valence-electron chi connectivity index (χ3n) is 2.40. The highest BCUT2D eigenvalue weighted by Gasteiger charge is 2.07. The minimum Gasteiger partial charge on any atom is -0.478 e. The summed E-state index contributed by atoms with van der Waals surface area (Å²) in [6.07, 6.45) is 0. The lowest BCUT2D eigenvalue weighted by Gasteiger charge is -2.07. The number of aromatic carboxylic acids is 1. The second kappa shape index (κ2) is 5.91. The number of carboxylic acid groups (broad SMARTS) is 1. The number of nitrogens with zero attached hydrogens (tertiary/aromatic N) is 1. The number of halogens is 2. The molecule has 0 amide bonds. The number of rotatable bonds is 4. The number of pyridine rings is 1. The van der Waals surface area contributed by atoms with Gasteiger partial charge in [0.2, 0.25) is 0 Å². The molecule has 0 saturated heterocycles. The molecule has 1 aromatic heterocycles. The zero-order chi connectivity index (χ0) is 13.8. The molecule has 4 nitrogen and oxygen atoms in total. The Bertz CT molecular complexity index is 617. The Morgan fingerprint density at radius 3 is 2.74 bits per heavy atom. The van der Waals surface area contributed by atoms with Crippen LogP contribution in [0.3, 0.4) is 0 Å². The molecule has 0 aliphatic rings. The van der Waals surface area contributed by atoms with Gasteiger partial charge < -0.3 is 10.4 Å². The minimum absolute atomic E-state index is 0.0913. The number of anilines is 1. The number of carbonyl (C=O) groups is 1. The van der Waals surface area contributed by atoms with Gasteiger partial charge in [-0.2, -0.15) is 0 Å². The number of aromatic nitrogens is 1. The van der Waals surface area contributed by atoms with Crippen molar-refractivity contribution in [2.24, 2.45) is 0 Å². The van der Waals surface area contributed by atoms with E-state index in [1.807, 2.05) is 18.2 Å². The molecule has 0 spiro atoms. The van der Waals surface area contributed by atoms with Gasteiger partial charge in [-0.1, -0.05) is 35.3 Å². The van der Waals surface area contributed by atoms with E-state index < -0.39 is 5.97 Å². The molecular weight excluding hydrogens is 287 g/mol. The first-order valence-corrected chi connectivity index (χ1v) is 6.19. The van der Waals surface area contributed by atoms with Crippen LogP contribution in [0.1, 0.15) is 15.9 Å². The summed E-state index contributed by atoms with van der Waals surface area (Å²) in [6.45, 7) is 0.479. The Kier molecular flexibility index (Phi) is 4.24. The zero-order valence-corrected chi connectivity index (χ0v) is 11.2. The second-order valence-electron chi connectivity index (χ2n) is 3.85. The summed E-state index contributed by atoms with van der Waals surface area (Å²) in [5, 5.41) is 12.7. The van der Waals surface area contributed by atoms with E-state index in [1.165, 1.54) is 12.1 Å². The van der Waals surface area contributed by atoms with E-state index in [9.17, 15) is 4.79 Å². The van der Waals surface area contributed by atoms with E-state index >= 15 is 0 Å². The van der Waals surface area contributed by atoms with Crippen LogP contribution in [-0.2, 0) is 6.54 Å². The quantitative estimate of drug-likeness (QED) is 0.845. The summed E-state index contributed by atoms with van der Waals surface area (Å²) in [7, 11) is 0. The van der Waals surface area contributed by atoms with E-state index in [0.29, 0.717) is 17.4 Å². The van der Waals surface area contributed by atoms with Crippen molar-refractivity contribution in [3.8, 4) is 0 Å². The third kappa shape index (κ3) is 3.84. The molecule has 0 aliphatic carbocycles. The van der Waals surface area contributed by atoms with Crippen molar-refractivity contribution in [3.05, 3.63) is 57.7 Å². The van der Waals surface area contributed by atoms with Gasteiger partial charge in [-0.25, -0.2) is 9.78 Å². The van der Waals surface area contributed by atoms with Gasteiger partial charge in [-0.15, -0.1) is 0 Å². The Labute approximate surface area is 120 Å². The summed E-state index contributed by atoms with van der Waals surface area (Å²) in [6, 6.07) is 10.1. The van der Waals surface area contributed by atoms with Crippen molar-refractivity contribution in [1.29, 1.82) is 0 Å². The molecule has 98 valence electrons. The molecule has 2 N–H and O–H groups in total. The van der Waals surface area contributed by atoms with Crippen LogP contribution in [0.4, 0.5) is 5.82 Å². The van der Waals surface area contributed by atoms with Gasteiger partial charge in [0.1, 0.15) is 11.0 Å². The Hall–Kier alpha value is -1.78. The average molecular weight is 297 g/mol. The summed E-state index contributed by atoms with van der Waals surface area (Å²) >= 11 is 11.6. The lowest BCUT2D eigenvalue weighted by Crippen LogP contribution is -2.04. The van der Waals surface area contributed by atoms with Crippen LogP contribution in [0.25, 0.3) is 0 Å². The average Bonchev–Trinajstić information content (AvgIpc) is 2.36. The molecule has 2 aromatic rings. The summed E-state index contributed by atoms with van der Waals surface area (Å²) < 4.78 is 0. The van der Waals surface area contributed by atoms with E-state index in [1.54, 1.807) is 6.07 Å². The molecular formula is C13H10Cl2N2O2. The van der Waals surface area contributed by atoms with Crippen LogP contribution < -0.4 is 5.32 Å². The molecule has 0 unspecified atom stereocenters. The number of hydrogen-bond donors (Lipinski definition) is 2. The largest absolute Gasteiger partial charge is 0.478 e. The van der Waals surface area contributed by atoms with Gasteiger partial charge in [0.15, 0.2) is 0 Å². The van der Waals surface area contributed by atoms with Crippen LogP contribution in [0, 0.1) is 0 Å². The monoisotopic (exact) mass is 296 g/mol. The maximum Gasteiger partial charge on any atom is 0.335 e. The Balaban J connectivity index is 2.13. The first kappa shape index (κ1) is 13.6. The van der Waals surface area contributed by atoms with Crippen molar-refractivity contribution < 1.29 is 9.90 Å². The van der Waals surface area contributed by atoms with Crippen LogP contribution in [0.15, 0.2) is 36.4 Å². The Morgan fingerprint density at radius 1 is 1.26 bits per heavy atom. The van der Waals surface area contributed by atoms with Crippen molar-refractivity contribution in [2.75, 3.05) is 5.32 Å². The minimum atomic E-state index is -1.05. The highest BCUT2D eigenvalue weighted by atomic mass is 35.5. The van der Waals surface area contributed by atoms with Gasteiger partial charge in [-0.05, 0) is 29.8 Å². The Morgan fingerprint density at radius 2 is 2.05 bits per heavy atom. The smallest absolute Gasteiger partial charge is 0.335 e. The second-order valence-corrected chi connectivity index (χ2v) is 4.68. The molecule has 0 fully saturated rings.